The van der Waals surface area contributed by atoms with Crippen LogP contribution in [0.1, 0.15) is 12.0 Å². The second-order valence-corrected chi connectivity index (χ2v) is 9.86. The van der Waals surface area contributed by atoms with Gasteiger partial charge in [0.25, 0.3) is 6.43 Å². The van der Waals surface area contributed by atoms with Crippen LogP contribution < -0.4 is 15.5 Å². The summed E-state index contributed by atoms with van der Waals surface area (Å²) in [5.74, 6) is 1.62. The Morgan fingerprint density at radius 3 is 1.65 bits per heavy atom. The number of alkyl halides is 2. The molecule has 0 radical (unpaired) electrons. The molecule has 4 aliphatic rings. The summed E-state index contributed by atoms with van der Waals surface area (Å²) in [5.41, 5.74) is 5.28. The molecule has 4 aliphatic heterocycles. The van der Waals surface area contributed by atoms with E-state index in [9.17, 15) is 8.78 Å². The molecule has 0 spiro atoms. The van der Waals surface area contributed by atoms with Crippen LogP contribution in [0, 0.1) is 0 Å². The summed E-state index contributed by atoms with van der Waals surface area (Å²) < 4.78 is 50.5. The number of aromatic nitrogens is 5. The highest BCUT2D eigenvalue weighted by atomic mass is 19.3. The molecule has 0 atom stereocenters. The number of halogens is 2. The molecule has 7 heterocycles. The third-order valence-corrected chi connectivity index (χ3v) is 7.15. The van der Waals surface area contributed by atoms with Gasteiger partial charge in [-0.1, -0.05) is 6.07 Å². The molecule has 4 saturated heterocycles. The fraction of sp³-hybridized carbons (Fsp3) is 0.500. The van der Waals surface area contributed by atoms with Crippen molar-refractivity contribution in [2.75, 3.05) is 68.4 Å². The topological polar surface area (TPSA) is 134 Å². The zero-order valence-corrected chi connectivity index (χ0v) is 21.7. The average Bonchev–Trinajstić information content (AvgIpc) is 2.97. The summed E-state index contributed by atoms with van der Waals surface area (Å²) in [6, 6.07) is 6.50. The first-order chi connectivity index (χ1) is 19.6. The van der Waals surface area contributed by atoms with Gasteiger partial charge in [0.1, 0.15) is 5.82 Å². The Balaban J connectivity index is 0.000000363. The van der Waals surface area contributed by atoms with Crippen molar-refractivity contribution in [1.82, 2.24) is 24.9 Å². The van der Waals surface area contributed by atoms with Crippen molar-refractivity contribution in [3.63, 3.8) is 0 Å². The molecule has 0 saturated carbocycles. The van der Waals surface area contributed by atoms with Crippen LogP contribution >= 0.6 is 0 Å². The normalized spacial score (nSPS) is 25.8. The van der Waals surface area contributed by atoms with E-state index in [1.165, 1.54) is 18.5 Å². The average molecular weight is 557 g/mol. The van der Waals surface area contributed by atoms with Gasteiger partial charge >= 0.3 is 0 Å². The largest absolute Gasteiger partial charge is 0.384 e. The molecule has 12 nitrogen and oxygen atoms in total. The maximum atomic E-state index is 13.8. The van der Waals surface area contributed by atoms with E-state index in [0.29, 0.717) is 70.6 Å². The van der Waals surface area contributed by atoms with E-state index in [0.717, 1.165) is 0 Å². The summed E-state index contributed by atoms with van der Waals surface area (Å²) >= 11 is 0. The summed E-state index contributed by atoms with van der Waals surface area (Å²) in [7, 11) is 0. The fourth-order valence-corrected chi connectivity index (χ4v) is 5.31. The Hall–Kier alpha value is -3.59. The third-order valence-electron chi connectivity index (χ3n) is 7.15. The maximum Gasteiger partial charge on any atom is 0.264 e. The van der Waals surface area contributed by atoms with Crippen molar-refractivity contribution in [3.8, 4) is 11.4 Å². The van der Waals surface area contributed by atoms with Crippen LogP contribution in [0.25, 0.3) is 11.4 Å². The lowest BCUT2D eigenvalue weighted by Gasteiger charge is -2.47. The summed E-state index contributed by atoms with van der Waals surface area (Å²) in [6.45, 7) is 3.88. The number of pyridine rings is 2. The Morgan fingerprint density at radius 2 is 1.25 bits per heavy atom. The van der Waals surface area contributed by atoms with Gasteiger partial charge in [0, 0.05) is 29.7 Å². The number of morpholine rings is 4. The van der Waals surface area contributed by atoms with Gasteiger partial charge in [-0.05, 0) is 18.2 Å². The number of anilines is 3. The van der Waals surface area contributed by atoms with Crippen LogP contribution in [0.2, 0.25) is 0 Å². The van der Waals surface area contributed by atoms with Crippen molar-refractivity contribution in [1.29, 1.82) is 0 Å². The molecule has 0 unspecified atom stereocenters. The van der Waals surface area contributed by atoms with Gasteiger partial charge in [-0.15, -0.1) is 0 Å². The number of rotatable bonds is 4. The molecule has 212 valence electrons. The molecule has 0 amide bonds. The molecule has 3 aromatic rings. The molecule has 4 fully saturated rings. The lowest BCUT2D eigenvalue weighted by atomic mass is 10.1. The minimum atomic E-state index is -2.68. The van der Waals surface area contributed by atoms with Crippen LogP contribution in [-0.2, 0) is 18.9 Å². The number of nitrogens with zero attached hydrogens (tertiary/aromatic N) is 7. The minimum absolute atomic E-state index is 0.0587. The fourth-order valence-electron chi connectivity index (χ4n) is 5.31. The molecule has 0 aliphatic carbocycles. The van der Waals surface area contributed by atoms with Crippen LogP contribution in [0.5, 0.6) is 0 Å². The quantitative estimate of drug-likeness (QED) is 0.502. The number of fused-ring (bicyclic) bond motifs is 4. The highest BCUT2D eigenvalue weighted by Crippen LogP contribution is 2.34. The smallest absolute Gasteiger partial charge is 0.264 e. The second kappa shape index (κ2) is 11.9. The van der Waals surface area contributed by atoms with Crippen LogP contribution in [0.15, 0.2) is 42.9 Å². The van der Waals surface area contributed by atoms with Gasteiger partial charge in [-0.25, -0.2) is 13.8 Å². The monoisotopic (exact) mass is 556 g/mol. The number of hydrogen-bond donors (Lipinski definition) is 1. The molecule has 2 N–H and O–H groups in total. The highest BCUT2D eigenvalue weighted by molar-refractivity contribution is 5.63. The van der Waals surface area contributed by atoms with Crippen molar-refractivity contribution in [3.05, 3.63) is 48.4 Å². The Labute approximate surface area is 229 Å². The van der Waals surface area contributed by atoms with E-state index in [-0.39, 0.29) is 41.1 Å². The van der Waals surface area contributed by atoms with E-state index in [1.54, 1.807) is 12.3 Å². The molecular formula is C26H30F2N8O4. The van der Waals surface area contributed by atoms with Gasteiger partial charge in [-0.2, -0.15) is 15.0 Å². The molecule has 0 aromatic carbocycles. The lowest BCUT2D eigenvalue weighted by Crippen LogP contribution is -2.61. The van der Waals surface area contributed by atoms with Gasteiger partial charge in [0.2, 0.25) is 11.9 Å². The Morgan fingerprint density at radius 1 is 0.725 bits per heavy atom. The zero-order valence-electron chi connectivity index (χ0n) is 21.7. The molecule has 4 bridgehead atoms. The number of ether oxygens (including phenoxy) is 4. The van der Waals surface area contributed by atoms with Crippen molar-refractivity contribution >= 4 is 17.7 Å². The number of nitrogens with two attached hydrogens (primary N) is 1. The first-order valence-corrected chi connectivity index (χ1v) is 13.1. The standard InChI is InChI=1S/C21H24F2N6O4.C5H6N2/c22-18(23)16-1-2-24-3-17(16)19-25-20(28-12-4-30-6-13(28)7-31-5-12)27-21(26-19)29-14-8-32-10-15(29)11-33-9-14;6-5-3-1-2-4-7-5/h1-3,12-15,18H,4-11H2;1-4H,(H2,6,7). The second-order valence-electron chi connectivity index (χ2n) is 9.86. The third kappa shape index (κ3) is 5.52. The molecular weight excluding hydrogens is 526 g/mol. The molecule has 40 heavy (non-hydrogen) atoms. The zero-order chi connectivity index (χ0) is 27.5. The maximum absolute atomic E-state index is 13.8. The molecule has 14 heteroatoms. The van der Waals surface area contributed by atoms with Crippen molar-refractivity contribution < 1.29 is 27.7 Å². The van der Waals surface area contributed by atoms with Crippen LogP contribution in [0.4, 0.5) is 26.5 Å². The van der Waals surface area contributed by atoms with Gasteiger partial charge in [-0.3, -0.25) is 4.98 Å². The predicted octanol–water partition coefficient (Wildman–Crippen LogP) is 1.74. The van der Waals surface area contributed by atoms with Gasteiger partial charge in [0.05, 0.1) is 77.0 Å². The van der Waals surface area contributed by atoms with E-state index in [2.05, 4.69) is 29.7 Å². The van der Waals surface area contributed by atoms with Crippen molar-refractivity contribution in [2.24, 2.45) is 0 Å². The highest BCUT2D eigenvalue weighted by Gasteiger charge is 2.41. The van der Waals surface area contributed by atoms with Gasteiger partial charge in [0.15, 0.2) is 5.82 Å². The number of hydrogen-bond acceptors (Lipinski definition) is 12. The Kier molecular flexibility index (Phi) is 7.91. The van der Waals surface area contributed by atoms with E-state index < -0.39 is 6.43 Å². The van der Waals surface area contributed by atoms with Crippen LogP contribution in [0.3, 0.4) is 0 Å². The van der Waals surface area contributed by atoms with Crippen LogP contribution in [-0.4, -0.2) is 102 Å². The summed E-state index contributed by atoms with van der Waals surface area (Å²) in [6.07, 6.45) is 1.71. The molecule has 7 rings (SSSR count). The Bertz CT molecular complexity index is 1200. The van der Waals surface area contributed by atoms with E-state index in [4.69, 9.17) is 29.7 Å². The first kappa shape index (κ1) is 26.6. The van der Waals surface area contributed by atoms with E-state index >= 15 is 0 Å². The van der Waals surface area contributed by atoms with E-state index in [1.807, 2.05) is 12.1 Å². The summed E-state index contributed by atoms with van der Waals surface area (Å²) in [5, 5.41) is 0. The number of nitrogen functional groups attached to an aromatic ring is 1. The van der Waals surface area contributed by atoms with Gasteiger partial charge < -0.3 is 34.5 Å². The predicted molar refractivity (Wildman–Crippen MR) is 140 cm³/mol. The first-order valence-electron chi connectivity index (χ1n) is 13.1. The SMILES string of the molecule is FC(F)c1ccncc1-c1nc(N2C3COCC2COC3)nc(N2C3COCC2COC3)n1.Nc1ccccn1. The minimum Gasteiger partial charge on any atom is -0.384 e. The van der Waals surface area contributed by atoms with Crippen molar-refractivity contribution in [2.45, 2.75) is 30.6 Å². The lowest BCUT2D eigenvalue weighted by molar-refractivity contribution is -0.0367. The molecule has 3 aromatic heterocycles. The summed E-state index contributed by atoms with van der Waals surface area (Å²) in [4.78, 5) is 26.2.